The van der Waals surface area contributed by atoms with Gasteiger partial charge in [0.2, 0.25) is 0 Å². The van der Waals surface area contributed by atoms with Crippen LogP contribution < -0.4 is 5.32 Å². The van der Waals surface area contributed by atoms with E-state index in [4.69, 9.17) is 0 Å². The highest BCUT2D eigenvalue weighted by molar-refractivity contribution is 7.18. The third-order valence-corrected chi connectivity index (χ3v) is 4.22. The van der Waals surface area contributed by atoms with E-state index in [1.165, 1.54) is 6.20 Å². The summed E-state index contributed by atoms with van der Waals surface area (Å²) in [7, 11) is 0. The topological polar surface area (TPSA) is 88.3 Å². The molecule has 1 aromatic heterocycles. The molecule has 0 bridgehead atoms. The molecule has 100 valence electrons. The number of aromatic nitrogens is 1. The second kappa shape index (κ2) is 5.19. The lowest BCUT2D eigenvalue weighted by molar-refractivity contribution is -0.380. The highest BCUT2D eigenvalue weighted by Gasteiger charge is 2.32. The van der Waals surface area contributed by atoms with Crippen LogP contribution in [0.2, 0.25) is 0 Å². The lowest BCUT2D eigenvalue weighted by Crippen LogP contribution is -2.41. The smallest absolute Gasteiger partial charge is 0.345 e. The van der Waals surface area contributed by atoms with Gasteiger partial charge in [0.05, 0.1) is 10.5 Å². The molecule has 6 nitrogen and oxygen atoms in total. The largest absolute Gasteiger partial charge is 0.388 e. The van der Waals surface area contributed by atoms with E-state index < -0.39 is 10.5 Å². The highest BCUT2D eigenvalue weighted by Crippen LogP contribution is 2.33. The zero-order chi connectivity index (χ0) is 13.2. The summed E-state index contributed by atoms with van der Waals surface area (Å²) in [6.07, 6.45) is 4.97. The van der Waals surface area contributed by atoms with Crippen LogP contribution >= 0.6 is 11.3 Å². The van der Waals surface area contributed by atoms with Gasteiger partial charge in [-0.05, 0) is 30.1 Å². The second-order valence-electron chi connectivity index (χ2n) is 5.04. The summed E-state index contributed by atoms with van der Waals surface area (Å²) in [6, 6.07) is 0. The molecule has 2 N–H and O–H groups in total. The van der Waals surface area contributed by atoms with Gasteiger partial charge >= 0.3 is 5.00 Å². The van der Waals surface area contributed by atoms with Gasteiger partial charge in [-0.2, -0.15) is 0 Å². The van der Waals surface area contributed by atoms with Gasteiger partial charge in [0.15, 0.2) is 5.13 Å². The van der Waals surface area contributed by atoms with Crippen LogP contribution in [0.1, 0.15) is 32.6 Å². The van der Waals surface area contributed by atoms with Crippen LogP contribution in [0.5, 0.6) is 0 Å². The Bertz CT molecular complexity index is 437. The molecule has 1 fully saturated rings. The van der Waals surface area contributed by atoms with Crippen molar-refractivity contribution in [1.82, 2.24) is 4.98 Å². The molecular formula is C11H17N3O3S. The molecule has 1 aliphatic rings. The van der Waals surface area contributed by atoms with E-state index in [1.54, 1.807) is 0 Å². The summed E-state index contributed by atoms with van der Waals surface area (Å²) in [5.41, 5.74) is -0.710. The van der Waals surface area contributed by atoms with E-state index in [9.17, 15) is 15.2 Å². The van der Waals surface area contributed by atoms with Crippen molar-refractivity contribution in [1.29, 1.82) is 0 Å². The SMILES string of the molecule is CC1CCCC(O)(CNc2ncc([N+](=O)[O-])s2)C1. The molecule has 0 aliphatic heterocycles. The normalized spacial score (nSPS) is 28.0. The average Bonchev–Trinajstić information content (AvgIpc) is 2.75. The van der Waals surface area contributed by atoms with E-state index in [-0.39, 0.29) is 5.00 Å². The van der Waals surface area contributed by atoms with Crippen molar-refractivity contribution in [2.45, 2.75) is 38.2 Å². The van der Waals surface area contributed by atoms with Gasteiger partial charge in [-0.25, -0.2) is 4.98 Å². The van der Waals surface area contributed by atoms with Crippen molar-refractivity contribution in [3.63, 3.8) is 0 Å². The molecule has 0 amide bonds. The van der Waals surface area contributed by atoms with E-state index in [0.29, 0.717) is 17.6 Å². The Kier molecular flexibility index (Phi) is 3.82. The Morgan fingerprint density at radius 2 is 2.56 bits per heavy atom. The minimum atomic E-state index is -0.710. The molecule has 1 heterocycles. The molecule has 0 aromatic carbocycles. The zero-order valence-electron chi connectivity index (χ0n) is 10.3. The molecule has 2 atom stereocenters. The number of anilines is 1. The predicted molar refractivity (Wildman–Crippen MR) is 69.8 cm³/mol. The maximum absolute atomic E-state index is 10.5. The van der Waals surface area contributed by atoms with Gasteiger partial charge in [-0.1, -0.05) is 19.8 Å². The third-order valence-electron chi connectivity index (χ3n) is 3.31. The van der Waals surface area contributed by atoms with Crippen LogP contribution in [-0.2, 0) is 0 Å². The number of nitrogens with zero attached hydrogens (tertiary/aromatic N) is 2. The number of rotatable bonds is 4. The maximum Gasteiger partial charge on any atom is 0.345 e. The Morgan fingerprint density at radius 1 is 1.78 bits per heavy atom. The van der Waals surface area contributed by atoms with Crippen molar-refractivity contribution in [2.24, 2.45) is 5.92 Å². The Morgan fingerprint density at radius 3 is 3.17 bits per heavy atom. The van der Waals surface area contributed by atoms with Crippen LogP contribution in [0.25, 0.3) is 0 Å². The van der Waals surface area contributed by atoms with Gasteiger partial charge in [-0.15, -0.1) is 0 Å². The molecule has 0 saturated heterocycles. The van der Waals surface area contributed by atoms with Crippen LogP contribution in [0, 0.1) is 16.0 Å². The highest BCUT2D eigenvalue weighted by atomic mass is 32.1. The van der Waals surface area contributed by atoms with Crippen LogP contribution in [0.15, 0.2) is 6.20 Å². The predicted octanol–water partition coefficient (Wildman–Crippen LogP) is 2.40. The maximum atomic E-state index is 10.5. The molecule has 1 saturated carbocycles. The van der Waals surface area contributed by atoms with Crippen molar-refractivity contribution < 1.29 is 10.0 Å². The van der Waals surface area contributed by atoms with E-state index in [2.05, 4.69) is 17.2 Å². The molecular weight excluding hydrogens is 254 g/mol. The number of aliphatic hydroxyl groups is 1. The summed E-state index contributed by atoms with van der Waals surface area (Å²) >= 11 is 0.997. The molecule has 0 radical (unpaired) electrons. The van der Waals surface area contributed by atoms with Crippen molar-refractivity contribution in [3.8, 4) is 0 Å². The molecule has 18 heavy (non-hydrogen) atoms. The molecule has 0 spiro atoms. The van der Waals surface area contributed by atoms with E-state index in [0.717, 1.165) is 37.0 Å². The van der Waals surface area contributed by atoms with Crippen molar-refractivity contribution >= 4 is 21.5 Å². The van der Waals surface area contributed by atoms with E-state index in [1.807, 2.05) is 0 Å². The first-order valence-electron chi connectivity index (χ1n) is 6.05. The number of hydrogen-bond acceptors (Lipinski definition) is 6. The van der Waals surface area contributed by atoms with Crippen molar-refractivity contribution in [3.05, 3.63) is 16.3 Å². The number of nitro groups is 1. The van der Waals surface area contributed by atoms with Crippen LogP contribution in [-0.4, -0.2) is 27.2 Å². The second-order valence-corrected chi connectivity index (χ2v) is 6.05. The minimum absolute atomic E-state index is 0.0153. The Labute approximate surface area is 109 Å². The van der Waals surface area contributed by atoms with Crippen LogP contribution in [0.3, 0.4) is 0 Å². The molecule has 7 heteroatoms. The first kappa shape index (κ1) is 13.2. The number of nitrogens with one attached hydrogen (secondary N) is 1. The quantitative estimate of drug-likeness (QED) is 0.648. The summed E-state index contributed by atoms with van der Waals surface area (Å²) < 4.78 is 0. The number of thiazole rings is 1. The van der Waals surface area contributed by atoms with E-state index >= 15 is 0 Å². The molecule has 2 rings (SSSR count). The van der Waals surface area contributed by atoms with Gasteiger partial charge < -0.3 is 10.4 Å². The minimum Gasteiger partial charge on any atom is -0.388 e. The lowest BCUT2D eigenvalue weighted by atomic mass is 9.79. The fraction of sp³-hybridized carbons (Fsp3) is 0.727. The van der Waals surface area contributed by atoms with Crippen molar-refractivity contribution in [2.75, 3.05) is 11.9 Å². The average molecular weight is 271 g/mol. The van der Waals surface area contributed by atoms with Gasteiger partial charge in [-0.3, -0.25) is 10.1 Å². The first-order valence-corrected chi connectivity index (χ1v) is 6.87. The zero-order valence-corrected chi connectivity index (χ0v) is 11.1. The lowest BCUT2D eigenvalue weighted by Gasteiger charge is -2.35. The standard InChI is InChI=1S/C11H17N3O3S/c1-8-3-2-4-11(15,5-8)7-13-10-12-6-9(18-10)14(16)17/h6,8,15H,2-5,7H2,1H3,(H,12,13). The fourth-order valence-corrected chi connectivity index (χ4v) is 3.09. The fourth-order valence-electron chi connectivity index (χ4n) is 2.46. The summed E-state index contributed by atoms with van der Waals surface area (Å²) in [6.45, 7) is 2.54. The monoisotopic (exact) mass is 271 g/mol. The molecule has 1 aliphatic carbocycles. The van der Waals surface area contributed by atoms with Gasteiger partial charge in [0.25, 0.3) is 0 Å². The number of hydrogen-bond donors (Lipinski definition) is 2. The summed E-state index contributed by atoms with van der Waals surface area (Å²) in [4.78, 5) is 14.0. The first-order chi connectivity index (χ1) is 8.48. The van der Waals surface area contributed by atoms with Crippen LogP contribution in [0.4, 0.5) is 10.1 Å². The molecule has 1 aromatic rings. The molecule has 2 unspecified atom stereocenters. The van der Waals surface area contributed by atoms with Gasteiger partial charge in [0, 0.05) is 6.54 Å². The Hall–Kier alpha value is -1.21. The Balaban J connectivity index is 1.91. The summed E-state index contributed by atoms with van der Waals surface area (Å²) in [5, 5.41) is 24.4. The summed E-state index contributed by atoms with van der Waals surface area (Å²) in [5.74, 6) is 0.524. The third kappa shape index (κ3) is 3.17. The van der Waals surface area contributed by atoms with Gasteiger partial charge in [0.1, 0.15) is 6.20 Å².